The normalized spacial score (nSPS) is 24.5. The maximum absolute atomic E-state index is 13.9. The van der Waals surface area contributed by atoms with Gasteiger partial charge in [0.2, 0.25) is 5.91 Å². The number of aliphatic imine (C=N–C) groups is 1. The molecule has 46 heavy (non-hydrogen) atoms. The minimum absolute atomic E-state index is 0.00460. The van der Waals surface area contributed by atoms with Gasteiger partial charge < -0.3 is 20.7 Å². The smallest absolute Gasteiger partial charge is 0.332 e. The number of amides is 3. The average Bonchev–Trinajstić information content (AvgIpc) is 3.58. The van der Waals surface area contributed by atoms with Gasteiger partial charge in [0, 0.05) is 25.8 Å². The molecule has 2 saturated heterocycles. The number of para-hydroxylation sites is 1. The number of aromatic nitrogens is 1. The van der Waals surface area contributed by atoms with Gasteiger partial charge in [0.25, 0.3) is 0 Å². The molecule has 0 saturated carbocycles. The number of anilines is 1. The molecular weight excluding hydrogens is 606 g/mol. The van der Waals surface area contributed by atoms with Gasteiger partial charge in [0.1, 0.15) is 23.9 Å². The van der Waals surface area contributed by atoms with Crippen LogP contribution in [0.1, 0.15) is 31.4 Å². The summed E-state index contributed by atoms with van der Waals surface area (Å²) in [4.78, 5) is 40.5. The Morgan fingerprint density at radius 3 is 2.83 bits per heavy atom. The highest BCUT2D eigenvalue weighted by atomic mass is 32.1. The third kappa shape index (κ3) is 5.68. The van der Waals surface area contributed by atoms with Gasteiger partial charge in [-0.1, -0.05) is 47.3 Å². The molecule has 242 valence electrons. The van der Waals surface area contributed by atoms with Crippen LogP contribution in [-0.2, 0) is 17.9 Å². The number of thiazole rings is 1. The molecule has 4 N–H and O–H groups in total. The summed E-state index contributed by atoms with van der Waals surface area (Å²) in [7, 11) is 1.61. The number of carbonyl (C=O) groups is 2. The zero-order valence-corrected chi connectivity index (χ0v) is 27.0. The van der Waals surface area contributed by atoms with Crippen molar-refractivity contribution in [2.24, 2.45) is 4.99 Å². The van der Waals surface area contributed by atoms with E-state index in [9.17, 15) is 14.8 Å². The van der Waals surface area contributed by atoms with Gasteiger partial charge in [-0.3, -0.25) is 19.9 Å². The molecule has 1 unspecified atom stereocenters. The largest absolute Gasteiger partial charge is 0.497 e. The number of nitrogens with one attached hydrogen (secondary N) is 1. The molecule has 4 heterocycles. The molecule has 3 aliphatic heterocycles. The molecule has 2 fully saturated rings. The van der Waals surface area contributed by atoms with Gasteiger partial charge in [-0.2, -0.15) is 5.01 Å². The van der Waals surface area contributed by atoms with E-state index in [0.29, 0.717) is 31.2 Å². The molecule has 3 amide bonds. The number of benzene rings is 2. The third-order valence-electron chi connectivity index (χ3n) is 9.02. The lowest BCUT2D eigenvalue weighted by atomic mass is 9.88. The summed E-state index contributed by atoms with van der Waals surface area (Å²) in [5, 5.41) is 19.5. The van der Waals surface area contributed by atoms with Crippen molar-refractivity contribution in [2.45, 2.75) is 51.2 Å². The van der Waals surface area contributed by atoms with Crippen molar-refractivity contribution in [1.29, 1.82) is 0 Å². The molecule has 0 spiro atoms. The predicted octanol–water partition coefficient (Wildman–Crippen LogP) is 3.60. The van der Waals surface area contributed by atoms with E-state index >= 15 is 0 Å². The van der Waals surface area contributed by atoms with E-state index in [1.54, 1.807) is 24.4 Å². The highest BCUT2D eigenvalue weighted by molar-refractivity contribution is 7.22. The fraction of sp³-hybridized carbons (Fsp3) is 0.375. The number of hydrogen-bond acceptors (Lipinski definition) is 11. The highest BCUT2D eigenvalue weighted by Gasteiger charge is 2.59. The van der Waals surface area contributed by atoms with E-state index in [4.69, 9.17) is 10.5 Å². The Balaban J connectivity index is 1.34. The molecule has 13 nitrogen and oxygen atoms in total. The van der Waals surface area contributed by atoms with Crippen LogP contribution >= 0.6 is 11.3 Å². The van der Waals surface area contributed by atoms with E-state index in [-0.39, 0.29) is 25.0 Å². The molecule has 0 radical (unpaired) electrons. The fourth-order valence-electron chi connectivity index (χ4n) is 6.61. The SMILES string of the molecule is C=CCN(C(=O)NCc1ccc(OC)cc1)N1CC(=O)N2[C@H]3C/C(C)=C/N=CN(O)C3(C)N(Cc3cccc4sc(N)nc34)C[C@@H]21. The lowest BCUT2D eigenvalue weighted by Gasteiger charge is -2.58. The molecule has 3 aliphatic rings. The number of urea groups is 1. The first kappa shape index (κ1) is 31.5. The van der Waals surface area contributed by atoms with Crippen molar-refractivity contribution in [3.63, 3.8) is 0 Å². The quantitative estimate of drug-likeness (QED) is 0.313. The first-order chi connectivity index (χ1) is 22.1. The zero-order valence-electron chi connectivity index (χ0n) is 26.2. The highest BCUT2D eigenvalue weighted by Crippen LogP contribution is 2.42. The van der Waals surface area contributed by atoms with E-state index in [1.807, 2.05) is 66.2 Å². The summed E-state index contributed by atoms with van der Waals surface area (Å²) in [6.45, 7) is 8.99. The molecule has 1 aromatic heterocycles. The monoisotopic (exact) mass is 645 g/mol. The number of methoxy groups -OCH3 is 1. The molecular formula is C32H39N9O4S. The van der Waals surface area contributed by atoms with Crippen LogP contribution in [0.5, 0.6) is 5.75 Å². The zero-order chi connectivity index (χ0) is 32.6. The van der Waals surface area contributed by atoms with Crippen molar-refractivity contribution < 1.29 is 19.5 Å². The maximum Gasteiger partial charge on any atom is 0.332 e. The summed E-state index contributed by atoms with van der Waals surface area (Å²) in [6, 6.07) is 12.6. The van der Waals surface area contributed by atoms with Crippen LogP contribution in [0.25, 0.3) is 10.2 Å². The van der Waals surface area contributed by atoms with Crippen LogP contribution in [0.3, 0.4) is 0 Å². The van der Waals surface area contributed by atoms with Crippen LogP contribution in [0.15, 0.2) is 71.9 Å². The van der Waals surface area contributed by atoms with Crippen LogP contribution in [-0.4, -0.2) is 98.0 Å². The van der Waals surface area contributed by atoms with Gasteiger partial charge in [-0.15, -0.1) is 6.58 Å². The summed E-state index contributed by atoms with van der Waals surface area (Å²) in [5.74, 6) is 0.598. The fourth-order valence-corrected chi connectivity index (χ4v) is 7.39. The van der Waals surface area contributed by atoms with E-state index in [0.717, 1.165) is 37.7 Å². The Labute approximate surface area is 271 Å². The van der Waals surface area contributed by atoms with Crippen LogP contribution in [0, 0.1) is 0 Å². The molecule has 14 heteroatoms. The van der Waals surface area contributed by atoms with Crippen molar-refractivity contribution in [3.05, 3.63) is 78.0 Å². The van der Waals surface area contributed by atoms with Crippen LogP contribution < -0.4 is 15.8 Å². The first-order valence-electron chi connectivity index (χ1n) is 15.1. The molecule has 6 rings (SSSR count). The number of hydroxylamine groups is 2. The van der Waals surface area contributed by atoms with Crippen molar-refractivity contribution in [3.8, 4) is 5.75 Å². The maximum atomic E-state index is 13.9. The van der Waals surface area contributed by atoms with E-state index in [1.165, 1.54) is 17.7 Å². The van der Waals surface area contributed by atoms with Gasteiger partial charge >= 0.3 is 6.03 Å². The Kier molecular flexibility index (Phi) is 8.70. The number of hydrogen-bond donors (Lipinski definition) is 3. The lowest BCUT2D eigenvalue weighted by molar-refractivity contribution is -0.236. The predicted molar refractivity (Wildman–Crippen MR) is 177 cm³/mol. The standard InChI is InChI=1S/C32H39N9O4S/c1-5-13-38(31(43)35-16-22-9-11-24(45-4)12-10-22)39-19-28(42)41-26-14-21(2)15-34-20-40(44)32(26,3)37(18-27(39)41)17-23-7-6-8-25-29(23)36-30(33)46-25/h5-12,15,20,26-27,44H,1,13-14,16-19H2,2-4H3,(H2,33,36)(H,35,43)/b21-15+,34-20?/t26-,27+,32?/m0/s1. The van der Waals surface area contributed by atoms with Gasteiger partial charge in [-0.05, 0) is 49.6 Å². The number of ether oxygens (including phenoxy) is 1. The van der Waals surface area contributed by atoms with Crippen LogP contribution in [0.2, 0.25) is 0 Å². The lowest BCUT2D eigenvalue weighted by Crippen LogP contribution is -2.76. The number of hydrazine groups is 1. The van der Waals surface area contributed by atoms with E-state index < -0.39 is 17.9 Å². The molecule has 3 aromatic rings. The molecule has 3 atom stereocenters. The number of nitrogens with zero attached hydrogens (tertiary/aromatic N) is 7. The third-order valence-corrected chi connectivity index (χ3v) is 9.87. The molecule has 0 bridgehead atoms. The number of rotatable bonds is 8. The second-order valence-corrected chi connectivity index (χ2v) is 12.9. The Bertz CT molecular complexity index is 1690. The minimum Gasteiger partial charge on any atom is -0.497 e. The first-order valence-corrected chi connectivity index (χ1v) is 15.9. The van der Waals surface area contributed by atoms with Gasteiger partial charge in [-0.25, -0.2) is 19.8 Å². The molecule has 2 aromatic carbocycles. The number of piperazine rings is 1. The number of nitrogens with two attached hydrogens (primary N) is 1. The van der Waals surface area contributed by atoms with Crippen molar-refractivity contribution in [2.75, 3.05) is 32.5 Å². The number of fused-ring (bicyclic) bond motifs is 4. The summed E-state index contributed by atoms with van der Waals surface area (Å²) < 4.78 is 6.21. The van der Waals surface area contributed by atoms with Crippen molar-refractivity contribution >= 4 is 45.0 Å². The topological polar surface area (TPSA) is 143 Å². The second kappa shape index (κ2) is 12.7. The Morgan fingerprint density at radius 1 is 1.30 bits per heavy atom. The summed E-state index contributed by atoms with van der Waals surface area (Å²) in [6.07, 6.45) is 4.70. The second-order valence-electron chi connectivity index (χ2n) is 11.9. The minimum atomic E-state index is -1.06. The average molecular weight is 646 g/mol. The summed E-state index contributed by atoms with van der Waals surface area (Å²) >= 11 is 1.42. The molecule has 0 aliphatic carbocycles. The number of nitrogen functional groups attached to an aromatic ring is 1. The summed E-state index contributed by atoms with van der Waals surface area (Å²) in [5.41, 5.74) is 8.63. The van der Waals surface area contributed by atoms with Crippen LogP contribution in [0.4, 0.5) is 9.93 Å². The van der Waals surface area contributed by atoms with Gasteiger partial charge in [0.05, 0.1) is 36.5 Å². The van der Waals surface area contributed by atoms with Crippen molar-refractivity contribution in [1.82, 2.24) is 35.2 Å². The Morgan fingerprint density at radius 2 is 2.09 bits per heavy atom. The number of carbonyl (C=O) groups excluding carboxylic acids is 2. The van der Waals surface area contributed by atoms with Gasteiger partial charge in [0.15, 0.2) is 5.13 Å². The van der Waals surface area contributed by atoms with E-state index in [2.05, 4.69) is 26.8 Å². The Hall–Kier alpha value is -4.50.